The van der Waals surface area contributed by atoms with Gasteiger partial charge in [-0.15, -0.1) is 0 Å². The molecule has 0 radical (unpaired) electrons. The third kappa shape index (κ3) is 3.54. The Morgan fingerprint density at radius 3 is 2.75 bits per heavy atom. The van der Waals surface area contributed by atoms with Gasteiger partial charge in [0.2, 0.25) is 0 Å². The number of aromatic nitrogens is 1. The average molecular weight is 272 g/mol. The summed E-state index contributed by atoms with van der Waals surface area (Å²) < 4.78 is 0. The molecule has 0 aliphatic rings. The van der Waals surface area contributed by atoms with Crippen LogP contribution in [0.1, 0.15) is 25.8 Å². The molecule has 1 aromatic carbocycles. The molecule has 1 atom stereocenters. The lowest BCUT2D eigenvalue weighted by Crippen LogP contribution is -2.37. The van der Waals surface area contributed by atoms with Gasteiger partial charge in [0.05, 0.1) is 5.52 Å². The number of aliphatic carboxylic acids is 1. The molecule has 4 nitrogen and oxygen atoms in total. The van der Waals surface area contributed by atoms with Gasteiger partial charge in [-0.1, -0.05) is 38.1 Å². The van der Waals surface area contributed by atoms with E-state index in [2.05, 4.69) is 10.3 Å². The van der Waals surface area contributed by atoms with Crippen LogP contribution in [0.3, 0.4) is 0 Å². The molecule has 0 unspecified atom stereocenters. The predicted molar refractivity (Wildman–Crippen MR) is 79.5 cm³/mol. The van der Waals surface area contributed by atoms with E-state index in [4.69, 9.17) is 0 Å². The van der Waals surface area contributed by atoms with Crippen LogP contribution in [0, 0.1) is 5.92 Å². The summed E-state index contributed by atoms with van der Waals surface area (Å²) in [6, 6.07) is 9.35. The minimum Gasteiger partial charge on any atom is -0.480 e. The molecule has 1 heterocycles. The molecular formula is C16H20N2O2. The van der Waals surface area contributed by atoms with Crippen LogP contribution in [0.25, 0.3) is 10.9 Å². The van der Waals surface area contributed by atoms with Gasteiger partial charge in [0.15, 0.2) is 0 Å². The average Bonchev–Trinajstić information content (AvgIpc) is 2.42. The van der Waals surface area contributed by atoms with Crippen LogP contribution in [0.15, 0.2) is 36.5 Å². The third-order valence-electron chi connectivity index (χ3n) is 3.26. The van der Waals surface area contributed by atoms with Crippen molar-refractivity contribution in [3.05, 3.63) is 42.1 Å². The second-order valence-electron chi connectivity index (χ2n) is 5.39. The van der Waals surface area contributed by atoms with E-state index in [0.717, 1.165) is 16.5 Å². The zero-order valence-electron chi connectivity index (χ0n) is 11.8. The van der Waals surface area contributed by atoms with Crippen molar-refractivity contribution >= 4 is 16.9 Å². The summed E-state index contributed by atoms with van der Waals surface area (Å²) in [5, 5.41) is 13.4. The standard InChI is InChI=1S/C16H20N2O2/c1-11(2)9-14(16(19)20)18-10-13-6-3-5-12-7-4-8-17-15(12)13/h3-8,11,14,18H,9-10H2,1-2H3,(H,19,20)/t14-/m0/s1. The molecule has 2 N–H and O–H groups in total. The molecular weight excluding hydrogens is 252 g/mol. The fraction of sp³-hybridized carbons (Fsp3) is 0.375. The van der Waals surface area contributed by atoms with Gasteiger partial charge in [-0.2, -0.15) is 0 Å². The van der Waals surface area contributed by atoms with E-state index in [9.17, 15) is 9.90 Å². The summed E-state index contributed by atoms with van der Waals surface area (Å²) in [7, 11) is 0. The van der Waals surface area contributed by atoms with E-state index < -0.39 is 12.0 Å². The highest BCUT2D eigenvalue weighted by atomic mass is 16.4. The minimum atomic E-state index is -0.799. The van der Waals surface area contributed by atoms with Crippen molar-refractivity contribution in [3.63, 3.8) is 0 Å². The maximum Gasteiger partial charge on any atom is 0.320 e. The number of carbonyl (C=O) groups is 1. The highest BCUT2D eigenvalue weighted by molar-refractivity contribution is 5.81. The van der Waals surface area contributed by atoms with E-state index in [0.29, 0.717) is 18.9 Å². The number of nitrogens with one attached hydrogen (secondary N) is 1. The number of carboxylic acid groups (broad SMARTS) is 1. The molecule has 20 heavy (non-hydrogen) atoms. The fourth-order valence-electron chi connectivity index (χ4n) is 2.29. The molecule has 0 bridgehead atoms. The van der Waals surface area contributed by atoms with Crippen molar-refractivity contribution in [1.82, 2.24) is 10.3 Å². The smallest absolute Gasteiger partial charge is 0.320 e. The molecule has 1 aromatic heterocycles. The quantitative estimate of drug-likeness (QED) is 0.849. The molecule has 4 heteroatoms. The van der Waals surface area contributed by atoms with Crippen LogP contribution in [0.2, 0.25) is 0 Å². The monoisotopic (exact) mass is 272 g/mol. The van der Waals surface area contributed by atoms with Crippen molar-refractivity contribution in [2.75, 3.05) is 0 Å². The van der Waals surface area contributed by atoms with Crippen molar-refractivity contribution in [3.8, 4) is 0 Å². The SMILES string of the molecule is CC(C)C[C@H](NCc1cccc2cccnc12)C(=O)O. The Labute approximate surface area is 118 Å². The van der Waals surface area contributed by atoms with Crippen molar-refractivity contribution in [2.45, 2.75) is 32.9 Å². The van der Waals surface area contributed by atoms with E-state index in [1.54, 1.807) is 6.20 Å². The van der Waals surface area contributed by atoms with E-state index in [-0.39, 0.29) is 0 Å². The van der Waals surface area contributed by atoms with Crippen molar-refractivity contribution < 1.29 is 9.90 Å². The van der Waals surface area contributed by atoms with Gasteiger partial charge in [-0.25, -0.2) is 0 Å². The van der Waals surface area contributed by atoms with Gasteiger partial charge in [0.1, 0.15) is 6.04 Å². The summed E-state index contributed by atoms with van der Waals surface area (Å²) in [5.74, 6) is -0.457. The Balaban J connectivity index is 2.13. The summed E-state index contributed by atoms with van der Waals surface area (Å²) in [5.41, 5.74) is 1.95. The number of hydrogen-bond donors (Lipinski definition) is 2. The zero-order chi connectivity index (χ0) is 14.5. The molecule has 2 aromatic rings. The predicted octanol–water partition coefficient (Wildman–Crippen LogP) is 2.82. The van der Waals surface area contributed by atoms with Gasteiger partial charge in [-0.05, 0) is 24.0 Å². The lowest BCUT2D eigenvalue weighted by atomic mass is 10.0. The molecule has 2 rings (SSSR count). The Bertz CT molecular complexity index is 591. The Morgan fingerprint density at radius 1 is 1.30 bits per heavy atom. The fourth-order valence-corrected chi connectivity index (χ4v) is 2.29. The molecule has 0 saturated heterocycles. The van der Waals surface area contributed by atoms with Crippen molar-refractivity contribution in [2.24, 2.45) is 5.92 Å². The first-order chi connectivity index (χ1) is 9.58. The van der Waals surface area contributed by atoms with Crippen LogP contribution in [0.5, 0.6) is 0 Å². The van der Waals surface area contributed by atoms with Crippen molar-refractivity contribution in [1.29, 1.82) is 0 Å². The molecule has 0 aliphatic carbocycles. The Kier molecular flexibility index (Phi) is 4.69. The van der Waals surface area contributed by atoms with Crippen LogP contribution in [0.4, 0.5) is 0 Å². The summed E-state index contributed by atoms with van der Waals surface area (Å²) >= 11 is 0. The minimum absolute atomic E-state index is 0.342. The molecule has 0 amide bonds. The number of hydrogen-bond acceptors (Lipinski definition) is 3. The second-order valence-corrected chi connectivity index (χ2v) is 5.39. The maximum atomic E-state index is 11.2. The van der Waals surface area contributed by atoms with Crippen LogP contribution in [-0.2, 0) is 11.3 Å². The number of pyridine rings is 1. The Morgan fingerprint density at radius 2 is 2.05 bits per heavy atom. The lowest BCUT2D eigenvalue weighted by molar-refractivity contribution is -0.140. The van der Waals surface area contributed by atoms with Crippen LogP contribution in [-0.4, -0.2) is 22.1 Å². The third-order valence-corrected chi connectivity index (χ3v) is 3.26. The van der Waals surface area contributed by atoms with Gasteiger partial charge < -0.3 is 10.4 Å². The van der Waals surface area contributed by atoms with Gasteiger partial charge in [0.25, 0.3) is 0 Å². The highest BCUT2D eigenvalue weighted by Crippen LogP contribution is 2.16. The topological polar surface area (TPSA) is 62.2 Å². The number of carboxylic acids is 1. The van der Waals surface area contributed by atoms with Crippen LogP contribution < -0.4 is 5.32 Å². The Hall–Kier alpha value is -1.94. The van der Waals surface area contributed by atoms with Gasteiger partial charge >= 0.3 is 5.97 Å². The first-order valence-corrected chi connectivity index (χ1v) is 6.86. The first-order valence-electron chi connectivity index (χ1n) is 6.86. The summed E-state index contributed by atoms with van der Waals surface area (Å²) in [6.45, 7) is 4.56. The first kappa shape index (κ1) is 14.5. The number of rotatable bonds is 6. The largest absolute Gasteiger partial charge is 0.480 e. The number of para-hydroxylation sites is 1. The normalized spacial score (nSPS) is 12.8. The van der Waals surface area contributed by atoms with E-state index in [1.807, 2.05) is 44.2 Å². The molecule has 106 valence electrons. The highest BCUT2D eigenvalue weighted by Gasteiger charge is 2.18. The maximum absolute atomic E-state index is 11.2. The van der Waals surface area contributed by atoms with E-state index >= 15 is 0 Å². The zero-order valence-corrected chi connectivity index (χ0v) is 11.8. The summed E-state index contributed by atoms with van der Waals surface area (Å²) in [6.07, 6.45) is 2.38. The number of nitrogens with zero attached hydrogens (tertiary/aromatic N) is 1. The number of fused-ring (bicyclic) bond motifs is 1. The molecule has 0 spiro atoms. The molecule has 0 fully saturated rings. The molecule has 0 saturated carbocycles. The lowest BCUT2D eigenvalue weighted by Gasteiger charge is -2.17. The van der Waals surface area contributed by atoms with E-state index in [1.165, 1.54) is 0 Å². The number of benzene rings is 1. The summed E-state index contributed by atoms with van der Waals surface area (Å²) in [4.78, 5) is 15.6. The second kappa shape index (κ2) is 6.48. The van der Waals surface area contributed by atoms with Gasteiger partial charge in [0, 0.05) is 18.1 Å². The van der Waals surface area contributed by atoms with Gasteiger partial charge in [-0.3, -0.25) is 9.78 Å². The van der Waals surface area contributed by atoms with Crippen LogP contribution >= 0.6 is 0 Å². The molecule has 0 aliphatic heterocycles.